The molecule has 0 unspecified atom stereocenters. The van der Waals surface area contributed by atoms with E-state index in [0.717, 1.165) is 28.8 Å². The summed E-state index contributed by atoms with van der Waals surface area (Å²) < 4.78 is 3.06. The first kappa shape index (κ1) is 9.30. The van der Waals surface area contributed by atoms with Crippen molar-refractivity contribution in [1.82, 2.24) is 14.6 Å². The van der Waals surface area contributed by atoms with Crippen LogP contribution in [0.4, 0.5) is 0 Å². The van der Waals surface area contributed by atoms with Gasteiger partial charge in [-0.05, 0) is 40.9 Å². The molecule has 2 aromatic heterocycles. The molecule has 0 atom stereocenters. The van der Waals surface area contributed by atoms with E-state index in [2.05, 4.69) is 26.1 Å². The number of hydrogen-bond acceptors (Lipinski definition) is 3. The Kier molecular flexibility index (Phi) is 1.87. The van der Waals surface area contributed by atoms with Crippen LogP contribution in [0.1, 0.15) is 18.7 Å². The summed E-state index contributed by atoms with van der Waals surface area (Å²) in [6.07, 6.45) is 4.24. The summed E-state index contributed by atoms with van der Waals surface area (Å²) >= 11 is 3.45. The minimum Gasteiger partial charge on any atom is -0.329 e. The maximum Gasteiger partial charge on any atom is 0.160 e. The third-order valence-corrected chi connectivity index (χ3v) is 3.55. The van der Waals surface area contributed by atoms with Gasteiger partial charge in [-0.15, -0.1) is 10.2 Å². The minimum absolute atomic E-state index is 0.0835. The molecule has 0 spiro atoms. The number of halogens is 1. The first-order valence-electron chi connectivity index (χ1n) is 4.96. The van der Waals surface area contributed by atoms with Crippen molar-refractivity contribution in [1.29, 1.82) is 0 Å². The Morgan fingerprint density at radius 2 is 2.20 bits per heavy atom. The Morgan fingerprint density at radius 3 is 2.87 bits per heavy atom. The van der Waals surface area contributed by atoms with Gasteiger partial charge < -0.3 is 5.73 Å². The lowest BCUT2D eigenvalue weighted by atomic mass is 10.1. The summed E-state index contributed by atoms with van der Waals surface area (Å²) in [5.74, 6) is 1.00. The number of aromatic nitrogens is 3. The predicted molar refractivity (Wildman–Crippen MR) is 60.7 cm³/mol. The van der Waals surface area contributed by atoms with Gasteiger partial charge in [-0.1, -0.05) is 0 Å². The van der Waals surface area contributed by atoms with Crippen LogP contribution in [-0.2, 0) is 5.41 Å². The molecule has 2 aromatic rings. The molecule has 2 N–H and O–H groups in total. The number of hydrogen-bond donors (Lipinski definition) is 1. The van der Waals surface area contributed by atoms with Crippen molar-refractivity contribution >= 4 is 21.6 Å². The number of nitrogens with zero attached hydrogens (tertiary/aromatic N) is 3. The van der Waals surface area contributed by atoms with Crippen LogP contribution in [0.15, 0.2) is 22.8 Å². The molecule has 2 heterocycles. The zero-order valence-corrected chi connectivity index (χ0v) is 9.74. The lowest BCUT2D eigenvalue weighted by molar-refractivity contribution is 0.639. The zero-order valence-electron chi connectivity index (χ0n) is 8.15. The van der Waals surface area contributed by atoms with E-state index in [0.29, 0.717) is 6.54 Å². The second-order valence-corrected chi connectivity index (χ2v) is 5.00. The quantitative estimate of drug-likeness (QED) is 0.896. The maximum absolute atomic E-state index is 5.80. The summed E-state index contributed by atoms with van der Waals surface area (Å²) in [5, 5.41) is 8.40. The monoisotopic (exact) mass is 266 g/mol. The van der Waals surface area contributed by atoms with Gasteiger partial charge in [0, 0.05) is 22.6 Å². The van der Waals surface area contributed by atoms with Gasteiger partial charge >= 0.3 is 0 Å². The molecular weight excluding hydrogens is 256 g/mol. The van der Waals surface area contributed by atoms with Crippen molar-refractivity contribution < 1.29 is 0 Å². The topological polar surface area (TPSA) is 56.2 Å². The van der Waals surface area contributed by atoms with E-state index in [-0.39, 0.29) is 5.41 Å². The molecule has 1 fully saturated rings. The van der Waals surface area contributed by atoms with Crippen molar-refractivity contribution in [2.24, 2.45) is 5.73 Å². The van der Waals surface area contributed by atoms with Crippen molar-refractivity contribution in [3.63, 3.8) is 0 Å². The summed E-state index contributed by atoms with van der Waals surface area (Å²) in [7, 11) is 0. The SMILES string of the molecule is NCC1(c2nnc3ccc(Br)cn23)CC1. The molecule has 3 rings (SSSR count). The fourth-order valence-electron chi connectivity index (χ4n) is 1.90. The normalized spacial score (nSPS) is 18.3. The molecule has 5 heteroatoms. The zero-order chi connectivity index (χ0) is 10.5. The van der Waals surface area contributed by atoms with Crippen LogP contribution in [0.3, 0.4) is 0 Å². The second kappa shape index (κ2) is 3.02. The largest absolute Gasteiger partial charge is 0.329 e. The molecule has 0 radical (unpaired) electrons. The summed E-state index contributed by atoms with van der Waals surface area (Å²) in [6, 6.07) is 3.92. The lowest BCUT2D eigenvalue weighted by Gasteiger charge is -2.09. The van der Waals surface area contributed by atoms with Crippen LogP contribution in [-0.4, -0.2) is 21.1 Å². The van der Waals surface area contributed by atoms with Crippen molar-refractivity contribution in [3.8, 4) is 0 Å². The van der Waals surface area contributed by atoms with E-state index in [1.807, 2.05) is 22.7 Å². The van der Waals surface area contributed by atoms with E-state index < -0.39 is 0 Å². The first-order valence-corrected chi connectivity index (χ1v) is 5.75. The van der Waals surface area contributed by atoms with Crippen LogP contribution in [0, 0.1) is 0 Å². The molecule has 1 aliphatic rings. The smallest absolute Gasteiger partial charge is 0.160 e. The minimum atomic E-state index is 0.0835. The van der Waals surface area contributed by atoms with Crippen molar-refractivity contribution in [2.45, 2.75) is 18.3 Å². The molecule has 0 bridgehead atoms. The van der Waals surface area contributed by atoms with Gasteiger partial charge in [0.15, 0.2) is 5.65 Å². The van der Waals surface area contributed by atoms with Gasteiger partial charge in [0.25, 0.3) is 0 Å². The second-order valence-electron chi connectivity index (χ2n) is 4.08. The molecule has 1 aliphatic carbocycles. The highest BCUT2D eigenvalue weighted by Crippen LogP contribution is 2.46. The molecule has 0 saturated heterocycles. The van der Waals surface area contributed by atoms with E-state index in [1.54, 1.807) is 0 Å². The lowest BCUT2D eigenvalue weighted by Crippen LogP contribution is -2.22. The molecule has 15 heavy (non-hydrogen) atoms. The van der Waals surface area contributed by atoms with E-state index in [1.165, 1.54) is 0 Å². The van der Waals surface area contributed by atoms with Gasteiger partial charge in [0.2, 0.25) is 0 Å². The number of rotatable bonds is 2. The molecule has 0 aromatic carbocycles. The first-order chi connectivity index (χ1) is 7.25. The molecular formula is C10H11BrN4. The maximum atomic E-state index is 5.80. The van der Waals surface area contributed by atoms with Gasteiger partial charge in [-0.3, -0.25) is 4.40 Å². The Morgan fingerprint density at radius 1 is 1.40 bits per heavy atom. The van der Waals surface area contributed by atoms with Gasteiger partial charge in [0.1, 0.15) is 5.82 Å². The highest BCUT2D eigenvalue weighted by atomic mass is 79.9. The average molecular weight is 267 g/mol. The Labute approximate surface area is 95.6 Å². The number of pyridine rings is 1. The van der Waals surface area contributed by atoms with E-state index in [9.17, 15) is 0 Å². The summed E-state index contributed by atoms with van der Waals surface area (Å²) in [4.78, 5) is 0. The third-order valence-electron chi connectivity index (χ3n) is 3.08. The van der Waals surface area contributed by atoms with Crippen molar-refractivity contribution in [3.05, 3.63) is 28.6 Å². The van der Waals surface area contributed by atoms with Crippen LogP contribution in [0.25, 0.3) is 5.65 Å². The third kappa shape index (κ3) is 1.30. The van der Waals surface area contributed by atoms with E-state index >= 15 is 0 Å². The summed E-state index contributed by atoms with van der Waals surface area (Å²) in [5.41, 5.74) is 6.76. The Bertz CT molecular complexity index is 515. The van der Waals surface area contributed by atoms with Gasteiger partial charge in [-0.2, -0.15) is 0 Å². The molecule has 1 saturated carbocycles. The molecule has 0 amide bonds. The van der Waals surface area contributed by atoms with E-state index in [4.69, 9.17) is 5.73 Å². The highest BCUT2D eigenvalue weighted by Gasteiger charge is 2.46. The van der Waals surface area contributed by atoms with Gasteiger partial charge in [0.05, 0.1) is 0 Å². The van der Waals surface area contributed by atoms with Gasteiger partial charge in [-0.25, -0.2) is 0 Å². The highest BCUT2D eigenvalue weighted by molar-refractivity contribution is 9.10. The van der Waals surface area contributed by atoms with Crippen LogP contribution < -0.4 is 5.73 Å². The average Bonchev–Trinajstić information content (AvgIpc) is 2.93. The van der Waals surface area contributed by atoms with Crippen LogP contribution in [0.2, 0.25) is 0 Å². The number of fused-ring (bicyclic) bond motifs is 1. The summed E-state index contributed by atoms with van der Waals surface area (Å²) in [6.45, 7) is 0.653. The Balaban J connectivity index is 2.23. The fraction of sp³-hybridized carbons (Fsp3) is 0.400. The van der Waals surface area contributed by atoms with Crippen LogP contribution >= 0.6 is 15.9 Å². The van der Waals surface area contributed by atoms with Crippen molar-refractivity contribution in [2.75, 3.05) is 6.54 Å². The Hall–Kier alpha value is -0.940. The number of nitrogens with two attached hydrogens (primary N) is 1. The standard InChI is InChI=1S/C10H11BrN4/c11-7-1-2-8-13-14-9(15(8)5-7)10(6-12)3-4-10/h1-2,5H,3-4,6,12H2. The predicted octanol–water partition coefficient (Wildman–Crippen LogP) is 1.48. The molecule has 0 aliphatic heterocycles. The molecule has 78 valence electrons. The molecule has 4 nitrogen and oxygen atoms in total. The van der Waals surface area contributed by atoms with Crippen LogP contribution in [0.5, 0.6) is 0 Å². The fourth-order valence-corrected chi connectivity index (χ4v) is 2.23.